The van der Waals surface area contributed by atoms with E-state index in [1.807, 2.05) is 41.6 Å². The first kappa shape index (κ1) is 19.6. The van der Waals surface area contributed by atoms with Crippen molar-refractivity contribution < 1.29 is 9.53 Å². The van der Waals surface area contributed by atoms with Crippen LogP contribution in [-0.4, -0.2) is 51.4 Å². The van der Waals surface area contributed by atoms with E-state index in [9.17, 15) is 9.59 Å². The molecule has 2 unspecified atom stereocenters. The fourth-order valence-corrected chi connectivity index (χ4v) is 6.07. The van der Waals surface area contributed by atoms with Crippen LogP contribution < -0.4 is 5.56 Å². The first-order valence-electron chi connectivity index (χ1n) is 9.02. The molecule has 28 heavy (non-hydrogen) atoms. The molecule has 6 nitrogen and oxygen atoms in total. The number of carbonyl (C=O) groups is 1. The number of rotatable bonds is 4. The molecule has 3 aromatic rings. The molecule has 1 amide bonds. The van der Waals surface area contributed by atoms with Crippen molar-refractivity contribution >= 4 is 50.6 Å². The van der Waals surface area contributed by atoms with Gasteiger partial charge in [0, 0.05) is 36.0 Å². The lowest BCUT2D eigenvalue weighted by molar-refractivity contribution is -0.140. The first-order valence-corrected chi connectivity index (χ1v) is 11.8. The molecule has 1 aliphatic heterocycles. The SMILES string of the molecule is CC1CN(C(=O)CSc2nc3scc(-c4cccs4)c3c(=O)n2C)CC(C)O1. The van der Waals surface area contributed by atoms with Gasteiger partial charge in [-0.05, 0) is 25.3 Å². The zero-order valence-electron chi connectivity index (χ0n) is 15.9. The minimum Gasteiger partial charge on any atom is -0.372 e. The average molecular weight is 436 g/mol. The van der Waals surface area contributed by atoms with Gasteiger partial charge in [-0.2, -0.15) is 0 Å². The van der Waals surface area contributed by atoms with Crippen molar-refractivity contribution in [2.75, 3.05) is 18.8 Å². The smallest absolute Gasteiger partial charge is 0.263 e. The number of hydrogen-bond acceptors (Lipinski definition) is 7. The molecule has 1 saturated heterocycles. The van der Waals surface area contributed by atoms with Crippen LogP contribution in [-0.2, 0) is 16.6 Å². The molecule has 0 aromatic carbocycles. The van der Waals surface area contributed by atoms with E-state index in [1.54, 1.807) is 23.0 Å². The van der Waals surface area contributed by atoms with E-state index in [-0.39, 0.29) is 29.4 Å². The zero-order chi connectivity index (χ0) is 19.8. The minimum absolute atomic E-state index is 0.0401. The van der Waals surface area contributed by atoms with E-state index in [2.05, 4.69) is 4.98 Å². The molecule has 4 heterocycles. The molecule has 0 bridgehead atoms. The molecule has 2 atom stereocenters. The van der Waals surface area contributed by atoms with Crippen molar-refractivity contribution in [2.24, 2.45) is 7.05 Å². The fraction of sp³-hybridized carbons (Fsp3) is 0.421. The van der Waals surface area contributed by atoms with E-state index >= 15 is 0 Å². The molecule has 3 aromatic heterocycles. The largest absolute Gasteiger partial charge is 0.372 e. The highest BCUT2D eigenvalue weighted by atomic mass is 32.2. The van der Waals surface area contributed by atoms with E-state index < -0.39 is 0 Å². The highest BCUT2D eigenvalue weighted by Gasteiger charge is 2.26. The van der Waals surface area contributed by atoms with Crippen molar-refractivity contribution in [3.8, 4) is 10.4 Å². The number of thioether (sulfide) groups is 1. The molecule has 9 heteroatoms. The molecule has 1 fully saturated rings. The van der Waals surface area contributed by atoms with E-state index in [0.29, 0.717) is 23.6 Å². The number of carbonyl (C=O) groups excluding carboxylic acids is 1. The summed E-state index contributed by atoms with van der Waals surface area (Å²) >= 11 is 4.39. The Bertz CT molecular complexity index is 1050. The first-order chi connectivity index (χ1) is 13.4. The maximum absolute atomic E-state index is 13.0. The van der Waals surface area contributed by atoms with Gasteiger partial charge in [-0.15, -0.1) is 22.7 Å². The molecular formula is C19H21N3O3S3. The van der Waals surface area contributed by atoms with Crippen molar-refractivity contribution in [3.63, 3.8) is 0 Å². The number of thiophene rings is 2. The van der Waals surface area contributed by atoms with E-state index in [4.69, 9.17) is 4.74 Å². The Morgan fingerprint density at radius 1 is 1.32 bits per heavy atom. The van der Waals surface area contributed by atoms with Crippen LogP contribution >= 0.6 is 34.4 Å². The van der Waals surface area contributed by atoms with Gasteiger partial charge in [0.1, 0.15) is 4.83 Å². The van der Waals surface area contributed by atoms with Gasteiger partial charge in [0.25, 0.3) is 5.56 Å². The summed E-state index contributed by atoms with van der Waals surface area (Å²) in [5.74, 6) is 0.306. The van der Waals surface area contributed by atoms with Gasteiger partial charge in [-0.25, -0.2) is 4.98 Å². The summed E-state index contributed by atoms with van der Waals surface area (Å²) in [6.45, 7) is 5.16. The highest BCUT2D eigenvalue weighted by molar-refractivity contribution is 7.99. The minimum atomic E-state index is -0.0711. The Morgan fingerprint density at radius 3 is 2.75 bits per heavy atom. The second-order valence-corrected chi connectivity index (χ2v) is 9.66. The Hall–Kier alpha value is -1.68. The maximum atomic E-state index is 13.0. The van der Waals surface area contributed by atoms with Gasteiger partial charge in [-0.3, -0.25) is 14.2 Å². The zero-order valence-corrected chi connectivity index (χ0v) is 18.3. The Kier molecular flexibility index (Phi) is 5.59. The predicted molar refractivity (Wildman–Crippen MR) is 115 cm³/mol. The Balaban J connectivity index is 1.56. The van der Waals surface area contributed by atoms with Gasteiger partial charge < -0.3 is 9.64 Å². The quantitative estimate of drug-likeness (QED) is 0.464. The number of amides is 1. The molecule has 0 N–H and O–H groups in total. The second-order valence-electron chi connectivity index (χ2n) is 6.91. The molecule has 0 aliphatic carbocycles. The Morgan fingerprint density at radius 2 is 2.07 bits per heavy atom. The van der Waals surface area contributed by atoms with Crippen LogP contribution in [0.5, 0.6) is 0 Å². The summed E-state index contributed by atoms with van der Waals surface area (Å²) in [5, 5.41) is 5.21. The lowest BCUT2D eigenvalue weighted by Gasteiger charge is -2.35. The third-order valence-corrected chi connectivity index (χ3v) is 7.45. The molecular weight excluding hydrogens is 414 g/mol. The fourth-order valence-electron chi connectivity index (χ4n) is 3.39. The van der Waals surface area contributed by atoms with Gasteiger partial charge in [0.2, 0.25) is 5.91 Å². The van der Waals surface area contributed by atoms with Crippen molar-refractivity contribution in [2.45, 2.75) is 31.2 Å². The highest BCUT2D eigenvalue weighted by Crippen LogP contribution is 2.34. The van der Waals surface area contributed by atoms with Gasteiger partial charge in [0.15, 0.2) is 5.16 Å². The summed E-state index contributed by atoms with van der Waals surface area (Å²) in [5.41, 5.74) is 0.866. The van der Waals surface area contributed by atoms with Crippen LogP contribution in [0, 0.1) is 0 Å². The van der Waals surface area contributed by atoms with E-state index in [1.165, 1.54) is 23.1 Å². The summed E-state index contributed by atoms with van der Waals surface area (Å²) in [7, 11) is 1.72. The summed E-state index contributed by atoms with van der Waals surface area (Å²) in [4.78, 5) is 33.9. The molecule has 0 saturated carbocycles. The average Bonchev–Trinajstić information content (AvgIpc) is 3.31. The van der Waals surface area contributed by atoms with E-state index in [0.717, 1.165) is 15.3 Å². The second kappa shape index (κ2) is 7.98. The number of morpholine rings is 1. The maximum Gasteiger partial charge on any atom is 0.263 e. The summed E-state index contributed by atoms with van der Waals surface area (Å²) in [6.07, 6.45) is 0.0802. The van der Waals surface area contributed by atoms with Crippen molar-refractivity contribution in [3.05, 3.63) is 33.2 Å². The monoisotopic (exact) mass is 435 g/mol. The van der Waals surface area contributed by atoms with Crippen LogP contribution in [0.25, 0.3) is 20.7 Å². The number of fused-ring (bicyclic) bond motifs is 1. The normalized spacial score (nSPS) is 20.0. The number of nitrogens with zero attached hydrogens (tertiary/aromatic N) is 3. The van der Waals surface area contributed by atoms with Crippen LogP contribution in [0.4, 0.5) is 0 Å². The molecule has 1 aliphatic rings. The summed E-state index contributed by atoms with van der Waals surface area (Å²) < 4.78 is 7.24. The van der Waals surface area contributed by atoms with Gasteiger partial charge >= 0.3 is 0 Å². The van der Waals surface area contributed by atoms with Crippen molar-refractivity contribution in [1.29, 1.82) is 0 Å². The molecule has 0 spiro atoms. The number of ether oxygens (including phenoxy) is 1. The lowest BCUT2D eigenvalue weighted by atomic mass is 10.2. The molecule has 148 valence electrons. The van der Waals surface area contributed by atoms with Crippen molar-refractivity contribution in [1.82, 2.24) is 14.5 Å². The standard InChI is InChI=1S/C19H21N3O3S3/c1-11-7-22(8-12(2)25-11)15(23)10-28-19-20-17-16(18(24)21(19)3)13(9-27-17)14-5-4-6-26-14/h4-6,9,11-12H,7-8,10H2,1-3H3. The van der Waals surface area contributed by atoms with Gasteiger partial charge in [0.05, 0.1) is 23.3 Å². The lowest BCUT2D eigenvalue weighted by Crippen LogP contribution is -2.48. The van der Waals surface area contributed by atoms with Crippen LogP contribution in [0.3, 0.4) is 0 Å². The predicted octanol–water partition coefficient (Wildman–Crippen LogP) is 3.45. The third-order valence-electron chi connectivity index (χ3n) is 4.66. The molecule has 0 radical (unpaired) electrons. The molecule has 4 rings (SSSR count). The number of hydrogen-bond donors (Lipinski definition) is 0. The summed E-state index contributed by atoms with van der Waals surface area (Å²) in [6, 6.07) is 3.99. The third kappa shape index (κ3) is 3.76. The number of aromatic nitrogens is 2. The van der Waals surface area contributed by atoms with Crippen LogP contribution in [0.2, 0.25) is 0 Å². The van der Waals surface area contributed by atoms with Crippen LogP contribution in [0.15, 0.2) is 32.8 Å². The topological polar surface area (TPSA) is 64.4 Å². The van der Waals surface area contributed by atoms with Crippen LogP contribution in [0.1, 0.15) is 13.8 Å². The Labute approximate surface area is 175 Å². The van der Waals surface area contributed by atoms with Gasteiger partial charge in [-0.1, -0.05) is 17.8 Å².